The van der Waals surface area contributed by atoms with Gasteiger partial charge in [-0.1, -0.05) is 0 Å². The lowest BCUT2D eigenvalue weighted by atomic mass is 10.3. The SMILES string of the molecule is C[n+]1ccn(CCCOc2ccc(OCCCn3cc[n+](C)c3)cc2)c1. The molecule has 0 bridgehead atoms. The average molecular weight is 356 g/mol. The van der Waals surface area contributed by atoms with Gasteiger partial charge in [0.25, 0.3) is 0 Å². The summed E-state index contributed by atoms with van der Waals surface area (Å²) in [6.45, 7) is 3.33. The predicted octanol–water partition coefficient (Wildman–Crippen LogP) is 1.88. The first-order chi connectivity index (χ1) is 12.7. The first-order valence-corrected chi connectivity index (χ1v) is 9.07. The molecule has 3 aromatic rings. The Morgan fingerprint density at radius 1 is 0.731 bits per heavy atom. The Morgan fingerprint density at radius 2 is 1.15 bits per heavy atom. The monoisotopic (exact) mass is 356 g/mol. The Labute approximate surface area is 154 Å². The maximum atomic E-state index is 5.79. The maximum absolute atomic E-state index is 5.79. The molecule has 26 heavy (non-hydrogen) atoms. The van der Waals surface area contributed by atoms with Crippen LogP contribution in [0.2, 0.25) is 0 Å². The first kappa shape index (κ1) is 18.0. The van der Waals surface area contributed by atoms with E-state index in [1.807, 2.05) is 59.9 Å². The van der Waals surface area contributed by atoms with Crippen molar-refractivity contribution < 1.29 is 18.6 Å². The Morgan fingerprint density at radius 3 is 1.50 bits per heavy atom. The highest BCUT2D eigenvalue weighted by atomic mass is 16.5. The van der Waals surface area contributed by atoms with Gasteiger partial charge in [0.2, 0.25) is 12.7 Å². The molecule has 0 saturated heterocycles. The zero-order chi connectivity index (χ0) is 18.2. The standard InChI is InChI=1S/C20H28N4O2/c1-21-11-13-23(17-21)9-3-15-25-19-5-7-20(8-6-19)26-16-4-10-24-14-12-22(2)18-24/h5-8,11-14,17-18H,3-4,9-10,15-16H2,1-2H3/q+2. The summed E-state index contributed by atoms with van der Waals surface area (Å²) in [5, 5.41) is 0. The Kier molecular flexibility index (Phi) is 6.30. The van der Waals surface area contributed by atoms with Gasteiger partial charge in [-0.15, -0.1) is 0 Å². The van der Waals surface area contributed by atoms with Crippen LogP contribution >= 0.6 is 0 Å². The minimum atomic E-state index is 0.705. The van der Waals surface area contributed by atoms with Gasteiger partial charge in [0.1, 0.15) is 36.3 Å². The molecule has 6 heteroatoms. The van der Waals surface area contributed by atoms with E-state index in [4.69, 9.17) is 9.47 Å². The van der Waals surface area contributed by atoms with E-state index in [1.54, 1.807) is 0 Å². The van der Waals surface area contributed by atoms with Crippen molar-refractivity contribution in [2.45, 2.75) is 25.9 Å². The third kappa shape index (κ3) is 5.65. The molecule has 0 fully saturated rings. The van der Waals surface area contributed by atoms with Crippen LogP contribution in [0.1, 0.15) is 12.8 Å². The van der Waals surface area contributed by atoms with Crippen molar-refractivity contribution in [2.24, 2.45) is 14.1 Å². The minimum Gasteiger partial charge on any atom is -0.493 e. The zero-order valence-electron chi connectivity index (χ0n) is 15.6. The van der Waals surface area contributed by atoms with E-state index in [9.17, 15) is 0 Å². The van der Waals surface area contributed by atoms with Crippen LogP contribution in [0, 0.1) is 0 Å². The number of ether oxygens (including phenoxy) is 2. The fourth-order valence-corrected chi connectivity index (χ4v) is 2.77. The van der Waals surface area contributed by atoms with Gasteiger partial charge in [-0.2, -0.15) is 0 Å². The quantitative estimate of drug-likeness (QED) is 0.411. The normalized spacial score (nSPS) is 10.8. The molecule has 0 aliphatic carbocycles. The molecule has 0 spiro atoms. The Balaban J connectivity index is 1.31. The minimum absolute atomic E-state index is 0.705. The van der Waals surface area contributed by atoms with E-state index in [0.29, 0.717) is 13.2 Å². The summed E-state index contributed by atoms with van der Waals surface area (Å²) in [6, 6.07) is 7.88. The zero-order valence-corrected chi connectivity index (χ0v) is 15.6. The first-order valence-electron chi connectivity index (χ1n) is 9.07. The van der Waals surface area contributed by atoms with E-state index in [1.165, 1.54) is 0 Å². The summed E-state index contributed by atoms with van der Waals surface area (Å²) in [5.74, 6) is 1.77. The molecule has 0 amide bonds. The fraction of sp³-hybridized carbons (Fsp3) is 0.400. The predicted molar refractivity (Wildman–Crippen MR) is 97.9 cm³/mol. The van der Waals surface area contributed by atoms with Crippen molar-refractivity contribution in [3.05, 3.63) is 61.7 Å². The van der Waals surface area contributed by atoms with Gasteiger partial charge in [-0.25, -0.2) is 18.3 Å². The van der Waals surface area contributed by atoms with Crippen LogP contribution in [0.25, 0.3) is 0 Å². The molecule has 0 aliphatic rings. The van der Waals surface area contributed by atoms with Gasteiger partial charge in [-0.05, 0) is 24.3 Å². The molecule has 0 atom stereocenters. The van der Waals surface area contributed by atoms with Gasteiger partial charge < -0.3 is 9.47 Å². The van der Waals surface area contributed by atoms with Gasteiger partial charge in [0, 0.05) is 12.8 Å². The van der Waals surface area contributed by atoms with Crippen molar-refractivity contribution in [3.63, 3.8) is 0 Å². The topological polar surface area (TPSA) is 36.1 Å². The smallest absolute Gasteiger partial charge is 0.243 e. The molecule has 0 unspecified atom stereocenters. The summed E-state index contributed by atoms with van der Waals surface area (Å²) in [6.07, 6.45) is 14.3. The van der Waals surface area contributed by atoms with E-state index in [0.717, 1.165) is 37.4 Å². The lowest BCUT2D eigenvalue weighted by Gasteiger charge is -2.08. The van der Waals surface area contributed by atoms with Gasteiger partial charge in [0.05, 0.1) is 40.4 Å². The number of hydrogen-bond donors (Lipinski definition) is 0. The summed E-state index contributed by atoms with van der Waals surface area (Å²) in [5.41, 5.74) is 0. The van der Waals surface area contributed by atoms with Crippen molar-refractivity contribution >= 4 is 0 Å². The molecule has 1 aromatic carbocycles. The molecule has 0 saturated carbocycles. The summed E-state index contributed by atoms with van der Waals surface area (Å²) >= 11 is 0. The van der Waals surface area contributed by atoms with Crippen LogP contribution in [0.4, 0.5) is 0 Å². The lowest BCUT2D eigenvalue weighted by molar-refractivity contribution is -0.671. The van der Waals surface area contributed by atoms with Gasteiger partial charge >= 0.3 is 0 Å². The average Bonchev–Trinajstić information content (AvgIpc) is 3.25. The summed E-state index contributed by atoms with van der Waals surface area (Å²) in [7, 11) is 4.05. The number of imidazole rings is 2. The second kappa shape index (κ2) is 9.08. The van der Waals surface area contributed by atoms with E-state index < -0.39 is 0 Å². The summed E-state index contributed by atoms with van der Waals surface area (Å²) < 4.78 is 20.0. The number of benzene rings is 1. The molecule has 2 aromatic heterocycles. The van der Waals surface area contributed by atoms with Crippen molar-refractivity contribution in [2.75, 3.05) is 13.2 Å². The molecule has 2 heterocycles. The number of nitrogens with zero attached hydrogens (tertiary/aromatic N) is 4. The molecule has 6 nitrogen and oxygen atoms in total. The molecular formula is C20H28N4O2+2. The van der Waals surface area contributed by atoms with Crippen molar-refractivity contribution in [1.29, 1.82) is 0 Å². The van der Waals surface area contributed by atoms with Crippen LogP contribution in [0.5, 0.6) is 11.5 Å². The van der Waals surface area contributed by atoms with Gasteiger partial charge in [0.15, 0.2) is 0 Å². The van der Waals surface area contributed by atoms with Gasteiger partial charge in [-0.3, -0.25) is 0 Å². The van der Waals surface area contributed by atoms with E-state index in [-0.39, 0.29) is 0 Å². The van der Waals surface area contributed by atoms with Crippen LogP contribution in [-0.2, 0) is 27.2 Å². The highest BCUT2D eigenvalue weighted by Gasteiger charge is 2.02. The molecular weight excluding hydrogens is 328 g/mol. The maximum Gasteiger partial charge on any atom is 0.243 e. The third-order valence-corrected chi connectivity index (χ3v) is 4.13. The van der Waals surface area contributed by atoms with Crippen molar-refractivity contribution in [3.8, 4) is 11.5 Å². The largest absolute Gasteiger partial charge is 0.493 e. The second-order valence-corrected chi connectivity index (χ2v) is 6.51. The number of rotatable bonds is 10. The third-order valence-electron chi connectivity index (χ3n) is 4.13. The van der Waals surface area contributed by atoms with Crippen molar-refractivity contribution in [1.82, 2.24) is 9.13 Å². The molecule has 0 N–H and O–H groups in total. The number of aromatic nitrogens is 4. The second-order valence-electron chi connectivity index (χ2n) is 6.51. The number of hydrogen-bond acceptors (Lipinski definition) is 2. The lowest BCUT2D eigenvalue weighted by Crippen LogP contribution is -2.23. The van der Waals surface area contributed by atoms with Crippen LogP contribution in [-0.4, -0.2) is 22.3 Å². The van der Waals surface area contributed by atoms with Crippen LogP contribution in [0.3, 0.4) is 0 Å². The molecule has 0 aliphatic heterocycles. The highest BCUT2D eigenvalue weighted by molar-refractivity contribution is 5.31. The van der Waals surface area contributed by atoms with E-state index in [2.05, 4.69) is 34.2 Å². The molecule has 0 radical (unpaired) electrons. The van der Waals surface area contributed by atoms with E-state index >= 15 is 0 Å². The highest BCUT2D eigenvalue weighted by Crippen LogP contribution is 2.18. The van der Waals surface area contributed by atoms with Crippen LogP contribution in [0.15, 0.2) is 61.7 Å². The fourth-order valence-electron chi connectivity index (χ4n) is 2.77. The Bertz CT molecular complexity index is 725. The number of aryl methyl sites for hydroxylation is 4. The summed E-state index contributed by atoms with van der Waals surface area (Å²) in [4.78, 5) is 0. The van der Waals surface area contributed by atoms with Crippen LogP contribution < -0.4 is 18.6 Å². The molecule has 3 rings (SSSR count). The Hall–Kier alpha value is -2.76. The molecule has 138 valence electrons.